The average Bonchev–Trinajstić information content (AvgIpc) is 2.49. The van der Waals surface area contributed by atoms with Crippen LogP contribution >= 0.6 is 11.6 Å². The second-order valence-electron chi connectivity index (χ2n) is 5.32. The fraction of sp³-hybridized carbons (Fsp3) is 0.188. The van der Waals surface area contributed by atoms with Crippen LogP contribution in [0.2, 0.25) is 5.02 Å². The van der Waals surface area contributed by atoms with Crippen molar-refractivity contribution in [3.8, 4) is 11.5 Å². The van der Waals surface area contributed by atoms with Crippen molar-refractivity contribution >= 4 is 23.3 Å². The maximum Gasteiger partial charge on any atom is 0.355 e. The number of rotatable bonds is 5. The van der Waals surface area contributed by atoms with E-state index in [1.165, 1.54) is 13.8 Å². The monoisotopic (exact) mass is 353 g/mol. The van der Waals surface area contributed by atoms with E-state index in [1.54, 1.807) is 24.3 Å². The average molecular weight is 354 g/mol. The number of carbonyl (C=O) groups is 1. The molecule has 8 heteroatoms. The SMILES string of the molecule is CC(C)(Oc1ccc(Cl)cc1)C(=O)Oc1cc(F)ccc1[N+](=O)[O-]. The topological polar surface area (TPSA) is 78.7 Å². The Morgan fingerprint density at radius 1 is 1.21 bits per heavy atom. The van der Waals surface area contributed by atoms with E-state index in [4.69, 9.17) is 21.1 Å². The molecule has 0 N–H and O–H groups in total. The van der Waals surface area contributed by atoms with Gasteiger partial charge in [0.1, 0.15) is 11.6 Å². The van der Waals surface area contributed by atoms with Crippen LogP contribution in [0, 0.1) is 15.9 Å². The number of halogens is 2. The Morgan fingerprint density at radius 3 is 2.42 bits per heavy atom. The van der Waals surface area contributed by atoms with Crippen LogP contribution in [-0.2, 0) is 4.79 Å². The Kier molecular flexibility index (Phi) is 5.04. The van der Waals surface area contributed by atoms with Gasteiger partial charge in [-0.2, -0.15) is 0 Å². The van der Waals surface area contributed by atoms with Gasteiger partial charge in [0.05, 0.1) is 4.92 Å². The zero-order valence-electron chi connectivity index (χ0n) is 12.8. The highest BCUT2D eigenvalue weighted by molar-refractivity contribution is 6.30. The van der Waals surface area contributed by atoms with E-state index in [-0.39, 0.29) is 0 Å². The van der Waals surface area contributed by atoms with Crippen molar-refractivity contribution in [2.24, 2.45) is 0 Å². The van der Waals surface area contributed by atoms with Crippen molar-refractivity contribution in [2.75, 3.05) is 0 Å². The zero-order valence-corrected chi connectivity index (χ0v) is 13.5. The molecule has 0 amide bonds. The van der Waals surface area contributed by atoms with Crippen LogP contribution < -0.4 is 9.47 Å². The number of nitro benzene ring substituents is 1. The van der Waals surface area contributed by atoms with Crippen molar-refractivity contribution in [1.29, 1.82) is 0 Å². The molecule has 0 spiro atoms. The van der Waals surface area contributed by atoms with Gasteiger partial charge in [-0.25, -0.2) is 9.18 Å². The van der Waals surface area contributed by atoms with E-state index in [2.05, 4.69) is 0 Å². The molecule has 0 heterocycles. The zero-order chi connectivity index (χ0) is 17.9. The molecule has 2 aromatic rings. The highest BCUT2D eigenvalue weighted by Crippen LogP contribution is 2.29. The minimum atomic E-state index is -1.46. The lowest BCUT2D eigenvalue weighted by atomic mass is 10.1. The summed E-state index contributed by atoms with van der Waals surface area (Å²) in [5, 5.41) is 11.4. The lowest BCUT2D eigenvalue weighted by molar-refractivity contribution is -0.385. The summed E-state index contributed by atoms with van der Waals surface area (Å²) in [5.41, 5.74) is -1.99. The molecule has 0 aliphatic rings. The van der Waals surface area contributed by atoms with Crippen molar-refractivity contribution in [3.63, 3.8) is 0 Å². The van der Waals surface area contributed by atoms with Crippen LogP contribution in [0.4, 0.5) is 10.1 Å². The van der Waals surface area contributed by atoms with E-state index in [0.29, 0.717) is 10.8 Å². The Morgan fingerprint density at radius 2 is 1.83 bits per heavy atom. The molecule has 0 saturated heterocycles. The van der Waals surface area contributed by atoms with Crippen LogP contribution in [0.3, 0.4) is 0 Å². The number of benzene rings is 2. The molecule has 0 saturated carbocycles. The summed E-state index contributed by atoms with van der Waals surface area (Å²) in [5.74, 6) is -1.81. The largest absolute Gasteiger partial charge is 0.476 e. The molecule has 0 aliphatic heterocycles. The molecule has 126 valence electrons. The van der Waals surface area contributed by atoms with Gasteiger partial charge in [-0.1, -0.05) is 11.6 Å². The summed E-state index contributed by atoms with van der Waals surface area (Å²) in [6, 6.07) is 8.87. The van der Waals surface area contributed by atoms with Crippen LogP contribution in [0.1, 0.15) is 13.8 Å². The number of carbonyl (C=O) groups excluding carboxylic acids is 1. The first kappa shape index (κ1) is 17.7. The number of ether oxygens (including phenoxy) is 2. The van der Waals surface area contributed by atoms with Gasteiger partial charge in [0.2, 0.25) is 11.4 Å². The number of hydrogen-bond acceptors (Lipinski definition) is 5. The predicted octanol–water partition coefficient (Wildman–Crippen LogP) is 4.15. The van der Waals surface area contributed by atoms with Gasteiger partial charge in [0.15, 0.2) is 0 Å². The van der Waals surface area contributed by atoms with Gasteiger partial charge in [0.25, 0.3) is 0 Å². The molecule has 0 fully saturated rings. The quantitative estimate of drug-likeness (QED) is 0.349. The van der Waals surface area contributed by atoms with Crippen LogP contribution in [0.15, 0.2) is 42.5 Å². The summed E-state index contributed by atoms with van der Waals surface area (Å²) in [6.45, 7) is 2.85. The Balaban J connectivity index is 2.20. The normalized spacial score (nSPS) is 11.0. The third-order valence-corrected chi connectivity index (χ3v) is 3.25. The van der Waals surface area contributed by atoms with Crippen LogP contribution in [0.5, 0.6) is 11.5 Å². The standard InChI is InChI=1S/C16H13ClFNO5/c1-16(2,24-12-6-3-10(17)4-7-12)15(20)23-14-9-11(18)5-8-13(14)19(21)22/h3-9H,1-2H3. The Bertz CT molecular complexity index is 777. The summed E-state index contributed by atoms with van der Waals surface area (Å²) in [6.07, 6.45) is 0. The van der Waals surface area contributed by atoms with E-state index in [1.807, 2.05) is 0 Å². The van der Waals surface area contributed by atoms with Crippen molar-refractivity contribution in [1.82, 2.24) is 0 Å². The van der Waals surface area contributed by atoms with E-state index in [9.17, 15) is 19.3 Å². The molecule has 0 aromatic heterocycles. The summed E-state index contributed by atoms with van der Waals surface area (Å²) >= 11 is 5.77. The minimum absolute atomic E-state index is 0.357. The molecule has 24 heavy (non-hydrogen) atoms. The second kappa shape index (κ2) is 6.84. The van der Waals surface area contributed by atoms with Gasteiger partial charge >= 0.3 is 11.7 Å². The van der Waals surface area contributed by atoms with Crippen LogP contribution in [-0.4, -0.2) is 16.5 Å². The maximum absolute atomic E-state index is 13.3. The van der Waals surface area contributed by atoms with E-state index in [0.717, 1.165) is 18.2 Å². The smallest absolute Gasteiger partial charge is 0.355 e. The molecule has 6 nitrogen and oxygen atoms in total. The lowest BCUT2D eigenvalue weighted by Gasteiger charge is -2.24. The van der Waals surface area contributed by atoms with Gasteiger partial charge < -0.3 is 9.47 Å². The number of esters is 1. The molecule has 0 aliphatic carbocycles. The van der Waals surface area contributed by atoms with Crippen molar-refractivity contribution in [2.45, 2.75) is 19.4 Å². The third kappa shape index (κ3) is 4.20. The van der Waals surface area contributed by atoms with Gasteiger partial charge in [-0.15, -0.1) is 0 Å². The summed E-state index contributed by atoms with van der Waals surface area (Å²) in [7, 11) is 0. The molecular formula is C16H13ClFNO5. The Labute approximate surface area is 141 Å². The van der Waals surface area contributed by atoms with Gasteiger partial charge in [-0.3, -0.25) is 10.1 Å². The molecule has 0 atom stereocenters. The predicted molar refractivity (Wildman–Crippen MR) is 84.8 cm³/mol. The molecule has 0 radical (unpaired) electrons. The van der Waals surface area contributed by atoms with E-state index < -0.39 is 33.7 Å². The van der Waals surface area contributed by atoms with Crippen LogP contribution in [0.25, 0.3) is 0 Å². The number of nitro groups is 1. The first-order chi connectivity index (χ1) is 11.2. The fourth-order valence-corrected chi connectivity index (χ4v) is 1.91. The van der Waals surface area contributed by atoms with E-state index >= 15 is 0 Å². The number of nitrogens with zero attached hydrogens (tertiary/aromatic N) is 1. The number of hydrogen-bond donors (Lipinski definition) is 0. The maximum atomic E-state index is 13.3. The first-order valence-electron chi connectivity index (χ1n) is 6.80. The van der Waals surface area contributed by atoms with Crippen molar-refractivity contribution in [3.05, 3.63) is 63.4 Å². The third-order valence-electron chi connectivity index (χ3n) is 3.00. The highest BCUT2D eigenvalue weighted by Gasteiger charge is 2.34. The second-order valence-corrected chi connectivity index (χ2v) is 5.76. The summed E-state index contributed by atoms with van der Waals surface area (Å²) < 4.78 is 23.8. The van der Waals surface area contributed by atoms with Crippen molar-refractivity contribution < 1.29 is 23.6 Å². The van der Waals surface area contributed by atoms with Gasteiger partial charge in [-0.05, 0) is 44.2 Å². The molecule has 0 bridgehead atoms. The molecule has 2 aromatic carbocycles. The fourth-order valence-electron chi connectivity index (χ4n) is 1.78. The Hall–Kier alpha value is -2.67. The van der Waals surface area contributed by atoms with Gasteiger partial charge in [0, 0.05) is 17.2 Å². The first-order valence-corrected chi connectivity index (χ1v) is 7.17. The minimum Gasteiger partial charge on any atom is -0.476 e. The lowest BCUT2D eigenvalue weighted by Crippen LogP contribution is -2.41. The molecular weight excluding hydrogens is 341 g/mol. The summed E-state index contributed by atoms with van der Waals surface area (Å²) in [4.78, 5) is 22.4. The molecule has 2 rings (SSSR count). The molecule has 0 unspecified atom stereocenters. The highest BCUT2D eigenvalue weighted by atomic mass is 35.5.